The Hall–Kier alpha value is -2.18. The van der Waals surface area contributed by atoms with Crippen LogP contribution in [0.4, 0.5) is 0 Å². The SMILES string of the molecule is CCCCCC/C=C\C/C=C\CCCCCCCC(=O)OCCCCCCCCC/C=C\CCCCCCCC(=O)NC(CO)C(O)/C=C/CCCCCCCCCCCCCCCCC. The maximum Gasteiger partial charge on any atom is 0.305 e. The monoisotopic (exact) mass is 926 g/mol. The van der Waals surface area contributed by atoms with E-state index < -0.39 is 12.1 Å². The minimum atomic E-state index is -0.856. The lowest BCUT2D eigenvalue weighted by atomic mass is 10.0. The molecule has 1 amide bonds. The molecule has 0 bridgehead atoms. The number of ether oxygens (including phenoxy) is 1. The Balaban J connectivity index is 3.51. The van der Waals surface area contributed by atoms with Crippen LogP contribution in [0.1, 0.15) is 296 Å². The first-order valence-corrected chi connectivity index (χ1v) is 28.9. The highest BCUT2D eigenvalue weighted by atomic mass is 16.5. The van der Waals surface area contributed by atoms with Crippen LogP contribution < -0.4 is 5.32 Å². The fourth-order valence-corrected chi connectivity index (χ4v) is 8.60. The summed E-state index contributed by atoms with van der Waals surface area (Å²) in [4.78, 5) is 24.5. The Bertz CT molecular complexity index is 1110. The van der Waals surface area contributed by atoms with E-state index in [4.69, 9.17) is 4.74 Å². The van der Waals surface area contributed by atoms with Gasteiger partial charge in [-0.25, -0.2) is 0 Å². The largest absolute Gasteiger partial charge is 0.466 e. The molecule has 386 valence electrons. The van der Waals surface area contributed by atoms with Crippen molar-refractivity contribution in [2.75, 3.05) is 13.2 Å². The number of hydrogen-bond donors (Lipinski definition) is 3. The Morgan fingerprint density at radius 2 is 0.758 bits per heavy atom. The summed E-state index contributed by atoms with van der Waals surface area (Å²) >= 11 is 0. The van der Waals surface area contributed by atoms with Crippen LogP contribution >= 0.6 is 0 Å². The molecule has 6 nitrogen and oxygen atoms in total. The molecule has 0 heterocycles. The molecule has 6 heteroatoms. The van der Waals surface area contributed by atoms with E-state index in [0.29, 0.717) is 19.4 Å². The van der Waals surface area contributed by atoms with Crippen molar-refractivity contribution in [1.82, 2.24) is 5.32 Å². The molecular weight excluding hydrogens is 815 g/mol. The van der Waals surface area contributed by atoms with Crippen molar-refractivity contribution in [2.24, 2.45) is 0 Å². The topological polar surface area (TPSA) is 95.9 Å². The maximum atomic E-state index is 12.5. The number of nitrogens with one attached hydrogen (secondary N) is 1. The summed E-state index contributed by atoms with van der Waals surface area (Å²) in [6.07, 6.45) is 69.8. The van der Waals surface area contributed by atoms with Crippen molar-refractivity contribution in [3.63, 3.8) is 0 Å². The highest BCUT2D eigenvalue weighted by molar-refractivity contribution is 5.76. The highest BCUT2D eigenvalue weighted by Crippen LogP contribution is 2.16. The van der Waals surface area contributed by atoms with Crippen LogP contribution in [0.15, 0.2) is 48.6 Å². The van der Waals surface area contributed by atoms with Crippen LogP contribution in [0.3, 0.4) is 0 Å². The molecule has 0 aromatic heterocycles. The molecule has 0 rings (SSSR count). The maximum absolute atomic E-state index is 12.5. The second-order valence-corrected chi connectivity index (χ2v) is 19.6. The molecule has 66 heavy (non-hydrogen) atoms. The molecular formula is C60H111NO5. The summed E-state index contributed by atoms with van der Waals surface area (Å²) in [6, 6.07) is -0.642. The molecule has 0 aromatic carbocycles. The Morgan fingerprint density at radius 3 is 1.18 bits per heavy atom. The smallest absolute Gasteiger partial charge is 0.305 e. The molecule has 0 fully saturated rings. The summed E-state index contributed by atoms with van der Waals surface area (Å²) in [5.74, 6) is -0.103. The number of esters is 1. The van der Waals surface area contributed by atoms with E-state index >= 15 is 0 Å². The van der Waals surface area contributed by atoms with E-state index in [9.17, 15) is 19.8 Å². The van der Waals surface area contributed by atoms with E-state index in [1.807, 2.05) is 6.08 Å². The Morgan fingerprint density at radius 1 is 0.424 bits per heavy atom. The number of allylic oxidation sites excluding steroid dienone is 7. The number of hydrogen-bond acceptors (Lipinski definition) is 5. The van der Waals surface area contributed by atoms with E-state index in [1.54, 1.807) is 6.08 Å². The van der Waals surface area contributed by atoms with Crippen LogP contribution in [-0.4, -0.2) is 47.4 Å². The molecule has 0 aliphatic heterocycles. The van der Waals surface area contributed by atoms with Gasteiger partial charge in [-0.3, -0.25) is 9.59 Å². The highest BCUT2D eigenvalue weighted by Gasteiger charge is 2.18. The van der Waals surface area contributed by atoms with E-state index in [1.165, 1.54) is 199 Å². The zero-order valence-electron chi connectivity index (χ0n) is 43.9. The second-order valence-electron chi connectivity index (χ2n) is 19.6. The van der Waals surface area contributed by atoms with Crippen molar-refractivity contribution in [1.29, 1.82) is 0 Å². The van der Waals surface area contributed by atoms with Crippen LogP contribution in [0.25, 0.3) is 0 Å². The first-order valence-electron chi connectivity index (χ1n) is 28.9. The van der Waals surface area contributed by atoms with Crippen LogP contribution in [-0.2, 0) is 14.3 Å². The van der Waals surface area contributed by atoms with Gasteiger partial charge < -0.3 is 20.3 Å². The van der Waals surface area contributed by atoms with Crippen LogP contribution in [0, 0.1) is 0 Å². The van der Waals surface area contributed by atoms with Gasteiger partial charge in [-0.1, -0.05) is 242 Å². The number of amides is 1. The minimum absolute atomic E-state index is 0.0177. The lowest BCUT2D eigenvalue weighted by Crippen LogP contribution is -2.45. The van der Waals surface area contributed by atoms with E-state index in [-0.39, 0.29) is 18.5 Å². The quantitative estimate of drug-likeness (QED) is 0.0321. The zero-order valence-corrected chi connectivity index (χ0v) is 43.9. The first kappa shape index (κ1) is 63.8. The number of aliphatic hydroxyl groups excluding tert-OH is 2. The van der Waals surface area contributed by atoms with Gasteiger partial charge in [0.25, 0.3) is 0 Å². The molecule has 0 aliphatic carbocycles. The fraction of sp³-hybridized carbons (Fsp3) is 0.833. The predicted molar refractivity (Wildman–Crippen MR) is 287 cm³/mol. The Labute approximate surface area is 410 Å². The first-order chi connectivity index (χ1) is 32.5. The summed E-state index contributed by atoms with van der Waals surface area (Å²) < 4.78 is 5.46. The molecule has 0 saturated carbocycles. The molecule has 0 aromatic rings. The standard InChI is InChI=1S/C60H111NO5/c1-3-5-7-9-11-13-15-17-19-21-24-28-32-36-40-44-48-52-58(63)57(56-62)61-59(64)53-49-45-41-37-33-29-25-22-23-27-31-35-39-43-47-51-55-66-60(65)54-50-46-42-38-34-30-26-20-18-16-14-12-10-8-6-4-2/h14,16,20,22,25-26,48,52,57-58,62-63H,3-13,15,17-19,21,23-24,27-47,49-51,53-56H2,1-2H3,(H,61,64)/b16-14-,25-22-,26-20-,52-48+. The van der Waals surface area contributed by atoms with Crippen LogP contribution in [0.2, 0.25) is 0 Å². The summed E-state index contributed by atoms with van der Waals surface area (Å²) in [6.45, 7) is 4.86. The minimum Gasteiger partial charge on any atom is -0.466 e. The number of carbonyl (C=O) groups is 2. The third-order valence-electron chi connectivity index (χ3n) is 13.1. The van der Waals surface area contributed by atoms with E-state index in [2.05, 4.69) is 55.6 Å². The normalized spacial score (nSPS) is 13.0. The van der Waals surface area contributed by atoms with Gasteiger partial charge in [-0.2, -0.15) is 0 Å². The molecule has 3 N–H and O–H groups in total. The molecule has 0 radical (unpaired) electrons. The van der Waals surface area contributed by atoms with Gasteiger partial charge in [-0.15, -0.1) is 0 Å². The van der Waals surface area contributed by atoms with Crippen LogP contribution in [0.5, 0.6) is 0 Å². The van der Waals surface area contributed by atoms with Crippen molar-refractivity contribution in [3.05, 3.63) is 48.6 Å². The van der Waals surface area contributed by atoms with Gasteiger partial charge >= 0.3 is 5.97 Å². The van der Waals surface area contributed by atoms with Gasteiger partial charge in [0.2, 0.25) is 5.91 Å². The van der Waals surface area contributed by atoms with Crippen molar-refractivity contribution < 1.29 is 24.5 Å². The number of unbranched alkanes of at least 4 members (excludes halogenated alkanes) is 36. The molecule has 0 saturated heterocycles. The second kappa shape index (κ2) is 55.4. The van der Waals surface area contributed by atoms with Crippen molar-refractivity contribution in [2.45, 2.75) is 309 Å². The summed E-state index contributed by atoms with van der Waals surface area (Å²) in [5.41, 5.74) is 0. The molecule has 2 atom stereocenters. The fourth-order valence-electron chi connectivity index (χ4n) is 8.60. The average molecular weight is 927 g/mol. The molecule has 2 unspecified atom stereocenters. The lowest BCUT2D eigenvalue weighted by Gasteiger charge is -2.20. The Kier molecular flexibility index (Phi) is 53.6. The predicted octanol–water partition coefficient (Wildman–Crippen LogP) is 17.8. The van der Waals surface area contributed by atoms with Gasteiger partial charge in [-0.05, 0) is 89.9 Å². The molecule has 0 spiro atoms. The van der Waals surface area contributed by atoms with Crippen molar-refractivity contribution >= 4 is 11.9 Å². The number of rotatable bonds is 53. The zero-order chi connectivity index (χ0) is 47.9. The summed E-state index contributed by atoms with van der Waals surface area (Å²) in [5, 5.41) is 23.1. The third-order valence-corrected chi connectivity index (χ3v) is 13.1. The number of carbonyl (C=O) groups excluding carboxylic acids is 2. The third kappa shape index (κ3) is 51.2. The average Bonchev–Trinajstić information content (AvgIpc) is 3.32. The summed E-state index contributed by atoms with van der Waals surface area (Å²) in [7, 11) is 0. The van der Waals surface area contributed by atoms with Gasteiger partial charge in [0.05, 0.1) is 25.4 Å². The molecule has 0 aliphatic rings. The van der Waals surface area contributed by atoms with Gasteiger partial charge in [0.15, 0.2) is 0 Å². The van der Waals surface area contributed by atoms with Gasteiger partial charge in [0.1, 0.15) is 0 Å². The van der Waals surface area contributed by atoms with Gasteiger partial charge in [0, 0.05) is 12.8 Å². The van der Waals surface area contributed by atoms with Crippen molar-refractivity contribution in [3.8, 4) is 0 Å². The van der Waals surface area contributed by atoms with E-state index in [0.717, 1.165) is 70.6 Å². The number of aliphatic hydroxyl groups is 2. The lowest BCUT2D eigenvalue weighted by molar-refractivity contribution is -0.143.